The molecule has 1 aromatic heterocycles. The van der Waals surface area contributed by atoms with Crippen LogP contribution in [-0.4, -0.2) is 50.4 Å². The van der Waals surface area contributed by atoms with Gasteiger partial charge in [-0.15, -0.1) is 11.3 Å². The Hall–Kier alpha value is -1.08. The minimum atomic E-state index is -2.82. The first kappa shape index (κ1) is 18.7. The maximum atomic E-state index is 11.7. The quantitative estimate of drug-likeness (QED) is 0.641. The van der Waals surface area contributed by atoms with Crippen molar-refractivity contribution in [2.24, 2.45) is 22.7 Å². The molecule has 0 radical (unpaired) electrons. The average molecular weight is 384 g/mol. The first-order valence-electron chi connectivity index (χ1n) is 9.19. The third-order valence-corrected chi connectivity index (χ3v) is 8.17. The number of aliphatic imine (C=N–C) groups is 1. The topological polar surface area (TPSA) is 61.8 Å². The fourth-order valence-corrected chi connectivity index (χ4v) is 6.04. The Balaban J connectivity index is 1.64. The van der Waals surface area contributed by atoms with Crippen LogP contribution in [0.1, 0.15) is 31.6 Å². The van der Waals surface area contributed by atoms with Crippen LogP contribution in [0.4, 0.5) is 0 Å². The Morgan fingerprint density at radius 3 is 2.84 bits per heavy atom. The van der Waals surface area contributed by atoms with Gasteiger partial charge in [-0.2, -0.15) is 0 Å². The molecule has 5 nitrogen and oxygen atoms in total. The van der Waals surface area contributed by atoms with Gasteiger partial charge >= 0.3 is 0 Å². The Kier molecular flexibility index (Phi) is 6.04. The van der Waals surface area contributed by atoms with Crippen LogP contribution >= 0.6 is 11.3 Å². The molecule has 3 unspecified atom stereocenters. The third-order valence-electron chi connectivity index (χ3n) is 5.47. The number of rotatable bonds is 4. The summed E-state index contributed by atoms with van der Waals surface area (Å²) in [6.45, 7) is 8.04. The van der Waals surface area contributed by atoms with Gasteiger partial charge in [0.1, 0.15) is 0 Å². The molecule has 25 heavy (non-hydrogen) atoms. The van der Waals surface area contributed by atoms with E-state index in [9.17, 15) is 8.42 Å². The number of guanidine groups is 1. The summed E-state index contributed by atoms with van der Waals surface area (Å²) in [5.74, 6) is 3.18. The van der Waals surface area contributed by atoms with Gasteiger partial charge < -0.3 is 10.2 Å². The molecular formula is C18H29N3O2S2. The van der Waals surface area contributed by atoms with Crippen LogP contribution in [0.15, 0.2) is 22.5 Å². The summed E-state index contributed by atoms with van der Waals surface area (Å²) in [5, 5.41) is 5.56. The summed E-state index contributed by atoms with van der Waals surface area (Å²) in [7, 11) is -2.82. The molecule has 2 aliphatic rings. The maximum Gasteiger partial charge on any atom is 0.194 e. The van der Waals surface area contributed by atoms with Crippen LogP contribution in [0.3, 0.4) is 0 Å². The fraction of sp³-hybridized carbons (Fsp3) is 0.722. The normalized spacial score (nSPS) is 29.8. The van der Waals surface area contributed by atoms with Gasteiger partial charge in [0, 0.05) is 24.5 Å². The second kappa shape index (κ2) is 8.08. The monoisotopic (exact) mass is 383 g/mol. The molecule has 0 aliphatic carbocycles. The van der Waals surface area contributed by atoms with E-state index < -0.39 is 9.84 Å². The van der Waals surface area contributed by atoms with Crippen molar-refractivity contribution in [2.75, 3.05) is 31.1 Å². The first-order valence-corrected chi connectivity index (χ1v) is 11.9. The molecule has 0 spiro atoms. The van der Waals surface area contributed by atoms with Gasteiger partial charge in [-0.25, -0.2) is 13.4 Å². The zero-order chi connectivity index (χ0) is 17.9. The van der Waals surface area contributed by atoms with E-state index in [4.69, 9.17) is 4.99 Å². The second-order valence-electron chi connectivity index (χ2n) is 7.56. The van der Waals surface area contributed by atoms with E-state index in [2.05, 4.69) is 41.6 Å². The van der Waals surface area contributed by atoms with E-state index in [0.29, 0.717) is 30.5 Å². The Morgan fingerprint density at radius 1 is 1.36 bits per heavy atom. The van der Waals surface area contributed by atoms with Crippen LogP contribution in [0.2, 0.25) is 0 Å². The number of hydrogen-bond donors (Lipinski definition) is 1. The van der Waals surface area contributed by atoms with Gasteiger partial charge in [-0.3, -0.25) is 0 Å². The SMILES string of the molecule is CC1CCN(C(=NCc2cccs2)NCC2CCS(=O)(=O)C2)CC1C. The standard InChI is InChI=1S/C18H29N3O2S2/c1-14-5-7-21(12-15(14)2)18(20-11-17-4-3-8-24-17)19-10-16-6-9-25(22,23)13-16/h3-4,8,14-16H,5-7,9-13H2,1-2H3,(H,19,20). The van der Waals surface area contributed by atoms with E-state index >= 15 is 0 Å². The van der Waals surface area contributed by atoms with E-state index in [1.165, 1.54) is 11.3 Å². The van der Waals surface area contributed by atoms with Crippen LogP contribution in [0.5, 0.6) is 0 Å². The second-order valence-corrected chi connectivity index (χ2v) is 10.8. The summed E-state index contributed by atoms with van der Waals surface area (Å²) < 4.78 is 23.4. The number of likely N-dealkylation sites (tertiary alicyclic amines) is 1. The average Bonchev–Trinajstić information content (AvgIpc) is 3.20. The van der Waals surface area contributed by atoms with Crippen molar-refractivity contribution < 1.29 is 8.42 Å². The molecule has 1 N–H and O–H groups in total. The molecule has 7 heteroatoms. The molecule has 3 heterocycles. The van der Waals surface area contributed by atoms with Crippen molar-refractivity contribution >= 4 is 27.1 Å². The summed E-state index contributed by atoms with van der Waals surface area (Å²) in [6.07, 6.45) is 1.94. The van der Waals surface area contributed by atoms with Crippen molar-refractivity contribution in [2.45, 2.75) is 33.2 Å². The van der Waals surface area contributed by atoms with E-state index in [0.717, 1.165) is 31.4 Å². The lowest BCUT2D eigenvalue weighted by atomic mass is 9.89. The highest BCUT2D eigenvalue weighted by atomic mass is 32.2. The molecule has 2 fully saturated rings. The van der Waals surface area contributed by atoms with Gasteiger partial charge in [0.15, 0.2) is 15.8 Å². The van der Waals surface area contributed by atoms with Gasteiger partial charge in [0.05, 0.1) is 18.1 Å². The predicted molar refractivity (Wildman–Crippen MR) is 105 cm³/mol. The molecule has 2 aliphatic heterocycles. The van der Waals surface area contributed by atoms with Crippen LogP contribution in [0, 0.1) is 17.8 Å². The highest BCUT2D eigenvalue weighted by Crippen LogP contribution is 2.23. The van der Waals surface area contributed by atoms with E-state index in [1.807, 2.05) is 0 Å². The number of hydrogen-bond acceptors (Lipinski definition) is 4. The molecule has 0 aromatic carbocycles. The van der Waals surface area contributed by atoms with Gasteiger partial charge in [-0.05, 0) is 42.0 Å². The fourth-order valence-electron chi connectivity index (χ4n) is 3.55. The van der Waals surface area contributed by atoms with Gasteiger partial charge in [0.2, 0.25) is 0 Å². The lowest BCUT2D eigenvalue weighted by Gasteiger charge is -2.37. The van der Waals surface area contributed by atoms with Crippen molar-refractivity contribution in [3.8, 4) is 0 Å². The number of piperidine rings is 1. The number of nitrogens with one attached hydrogen (secondary N) is 1. The Labute approximate surface area is 155 Å². The maximum absolute atomic E-state index is 11.7. The van der Waals surface area contributed by atoms with Gasteiger partial charge in [0.25, 0.3) is 0 Å². The lowest BCUT2D eigenvalue weighted by molar-refractivity contribution is 0.199. The smallest absolute Gasteiger partial charge is 0.194 e. The molecule has 0 amide bonds. The highest BCUT2D eigenvalue weighted by molar-refractivity contribution is 7.91. The third kappa shape index (κ3) is 5.20. The molecule has 3 atom stereocenters. The number of thiophene rings is 1. The minimum Gasteiger partial charge on any atom is -0.356 e. The molecule has 0 saturated carbocycles. The highest BCUT2D eigenvalue weighted by Gasteiger charge is 2.29. The largest absolute Gasteiger partial charge is 0.356 e. The summed E-state index contributed by atoms with van der Waals surface area (Å²) in [4.78, 5) is 8.44. The molecule has 140 valence electrons. The molecule has 0 bridgehead atoms. The summed E-state index contributed by atoms with van der Waals surface area (Å²) in [5.41, 5.74) is 0. The van der Waals surface area contributed by atoms with E-state index in [-0.39, 0.29) is 5.92 Å². The molecule has 3 rings (SSSR count). The lowest BCUT2D eigenvalue weighted by Crippen LogP contribution is -2.49. The zero-order valence-corrected chi connectivity index (χ0v) is 16.8. The van der Waals surface area contributed by atoms with Crippen molar-refractivity contribution in [3.05, 3.63) is 22.4 Å². The molecule has 2 saturated heterocycles. The van der Waals surface area contributed by atoms with E-state index in [1.54, 1.807) is 11.3 Å². The zero-order valence-electron chi connectivity index (χ0n) is 15.1. The van der Waals surface area contributed by atoms with Crippen molar-refractivity contribution in [1.82, 2.24) is 10.2 Å². The number of nitrogens with zero attached hydrogens (tertiary/aromatic N) is 2. The van der Waals surface area contributed by atoms with Crippen molar-refractivity contribution in [3.63, 3.8) is 0 Å². The first-order chi connectivity index (χ1) is 11.9. The van der Waals surface area contributed by atoms with Crippen molar-refractivity contribution in [1.29, 1.82) is 0 Å². The predicted octanol–water partition coefficient (Wildman–Crippen LogP) is 2.61. The Bertz CT molecular complexity index is 685. The van der Waals surface area contributed by atoms with Gasteiger partial charge in [-0.1, -0.05) is 19.9 Å². The number of sulfone groups is 1. The summed E-state index contributed by atoms with van der Waals surface area (Å²) in [6, 6.07) is 4.16. The molecular weight excluding hydrogens is 354 g/mol. The van der Waals surface area contributed by atoms with Crippen LogP contribution in [-0.2, 0) is 16.4 Å². The van der Waals surface area contributed by atoms with Crippen LogP contribution < -0.4 is 5.32 Å². The molecule has 1 aromatic rings. The van der Waals surface area contributed by atoms with Crippen LogP contribution in [0.25, 0.3) is 0 Å². The summed E-state index contributed by atoms with van der Waals surface area (Å²) >= 11 is 1.72. The Morgan fingerprint density at radius 2 is 2.20 bits per heavy atom. The minimum absolute atomic E-state index is 0.207.